The van der Waals surface area contributed by atoms with Crippen LogP contribution >= 0.6 is 12.2 Å². The van der Waals surface area contributed by atoms with Crippen LogP contribution in [0.15, 0.2) is 54.6 Å². The van der Waals surface area contributed by atoms with Crippen LogP contribution in [0.5, 0.6) is 0 Å². The van der Waals surface area contributed by atoms with Crippen LogP contribution in [-0.4, -0.2) is 42.2 Å². The number of rotatable bonds is 2. The number of para-hydroxylation sites is 1. The molecule has 124 valence electrons. The van der Waals surface area contributed by atoms with Crippen molar-refractivity contribution in [2.75, 3.05) is 31.2 Å². The van der Waals surface area contributed by atoms with Gasteiger partial charge in [0, 0.05) is 18.7 Å². The largest absolute Gasteiger partial charge is 0.378 e. The number of anilines is 1. The molecule has 3 rings (SSSR count). The number of nitrogens with zero attached hydrogens (tertiary/aromatic N) is 2. The van der Waals surface area contributed by atoms with E-state index in [1.165, 1.54) is 29.2 Å². The highest BCUT2D eigenvalue weighted by Crippen LogP contribution is 2.20. The van der Waals surface area contributed by atoms with Crippen molar-refractivity contribution in [3.63, 3.8) is 0 Å². The minimum Gasteiger partial charge on any atom is -0.378 e. The van der Waals surface area contributed by atoms with Crippen molar-refractivity contribution in [2.45, 2.75) is 0 Å². The third-order valence-corrected chi connectivity index (χ3v) is 4.22. The predicted molar refractivity (Wildman–Crippen MR) is 94.6 cm³/mol. The lowest BCUT2D eigenvalue weighted by Crippen LogP contribution is -2.50. The highest BCUT2D eigenvalue weighted by Gasteiger charge is 2.26. The van der Waals surface area contributed by atoms with Gasteiger partial charge in [-0.1, -0.05) is 18.2 Å². The monoisotopic (exact) mass is 344 g/mol. The molecule has 0 bridgehead atoms. The topological polar surface area (TPSA) is 32.8 Å². The summed E-state index contributed by atoms with van der Waals surface area (Å²) in [6.45, 7) is 2.43. The fraction of sp³-hybridized carbons (Fsp3) is 0.222. The quantitative estimate of drug-likeness (QED) is 0.784. The average Bonchev–Trinajstić information content (AvgIpc) is 2.64. The van der Waals surface area contributed by atoms with E-state index in [2.05, 4.69) is 0 Å². The van der Waals surface area contributed by atoms with E-state index in [1.807, 2.05) is 35.2 Å². The molecule has 0 radical (unpaired) electrons. The normalized spacial score (nSPS) is 14.3. The Morgan fingerprint density at radius 2 is 1.67 bits per heavy atom. The lowest BCUT2D eigenvalue weighted by Gasteiger charge is -2.34. The Bertz CT molecular complexity index is 716. The van der Waals surface area contributed by atoms with E-state index in [0.29, 0.717) is 42.7 Å². The summed E-state index contributed by atoms with van der Waals surface area (Å²) in [7, 11) is 0. The SMILES string of the molecule is O=C(c1ccc(F)cc1)N(C(=S)N1CCOCC1)c1ccccc1. The summed E-state index contributed by atoms with van der Waals surface area (Å²) >= 11 is 5.58. The standard InChI is InChI=1S/C18H17FN2O2S/c19-15-8-6-14(7-9-15)17(22)21(16-4-2-1-3-5-16)18(24)20-10-12-23-13-11-20/h1-9H,10-13H2. The minimum atomic E-state index is -0.381. The molecule has 24 heavy (non-hydrogen) atoms. The fourth-order valence-electron chi connectivity index (χ4n) is 2.51. The van der Waals surface area contributed by atoms with Crippen molar-refractivity contribution in [3.05, 3.63) is 66.0 Å². The van der Waals surface area contributed by atoms with Gasteiger partial charge in [0.2, 0.25) is 0 Å². The number of amides is 1. The smallest absolute Gasteiger partial charge is 0.264 e. The molecule has 6 heteroatoms. The molecule has 0 saturated carbocycles. The maximum Gasteiger partial charge on any atom is 0.264 e. The van der Waals surface area contributed by atoms with Crippen LogP contribution in [0, 0.1) is 5.82 Å². The molecule has 1 aliphatic rings. The van der Waals surface area contributed by atoms with Crippen LogP contribution in [0.2, 0.25) is 0 Å². The van der Waals surface area contributed by atoms with Crippen LogP contribution in [0.1, 0.15) is 10.4 Å². The lowest BCUT2D eigenvalue weighted by atomic mass is 10.2. The highest BCUT2D eigenvalue weighted by atomic mass is 32.1. The second-order valence-corrected chi connectivity index (χ2v) is 5.73. The number of carbonyl (C=O) groups excluding carboxylic acids is 1. The molecule has 2 aromatic rings. The summed E-state index contributed by atoms with van der Waals surface area (Å²) in [6, 6.07) is 14.7. The van der Waals surface area contributed by atoms with Gasteiger partial charge < -0.3 is 9.64 Å². The second-order valence-electron chi connectivity index (χ2n) is 5.36. The molecule has 0 aromatic heterocycles. The maximum atomic E-state index is 13.2. The molecule has 0 unspecified atom stereocenters. The van der Waals surface area contributed by atoms with Crippen molar-refractivity contribution in [1.82, 2.24) is 4.90 Å². The van der Waals surface area contributed by atoms with E-state index >= 15 is 0 Å². The van der Waals surface area contributed by atoms with Crippen molar-refractivity contribution in [1.29, 1.82) is 0 Å². The van der Waals surface area contributed by atoms with Gasteiger partial charge in [0.25, 0.3) is 5.91 Å². The van der Waals surface area contributed by atoms with Gasteiger partial charge in [0.15, 0.2) is 5.11 Å². The van der Waals surface area contributed by atoms with E-state index in [9.17, 15) is 9.18 Å². The van der Waals surface area contributed by atoms with Crippen LogP contribution in [-0.2, 0) is 4.74 Å². The maximum absolute atomic E-state index is 13.2. The molecule has 0 N–H and O–H groups in total. The molecular weight excluding hydrogens is 327 g/mol. The number of benzene rings is 2. The van der Waals surface area contributed by atoms with E-state index in [1.54, 1.807) is 0 Å². The van der Waals surface area contributed by atoms with E-state index < -0.39 is 0 Å². The summed E-state index contributed by atoms with van der Waals surface area (Å²) in [5, 5.41) is 0.429. The summed E-state index contributed by atoms with van der Waals surface area (Å²) in [5.74, 6) is -0.661. The number of hydrogen-bond acceptors (Lipinski definition) is 3. The van der Waals surface area contributed by atoms with Gasteiger partial charge in [0.1, 0.15) is 5.82 Å². The van der Waals surface area contributed by atoms with Crippen LogP contribution in [0.4, 0.5) is 10.1 Å². The number of thiocarbonyl (C=S) groups is 1. The molecule has 0 atom stereocenters. The van der Waals surface area contributed by atoms with Gasteiger partial charge in [-0.3, -0.25) is 9.69 Å². The zero-order valence-corrected chi connectivity index (χ0v) is 13.8. The molecule has 1 amide bonds. The summed E-state index contributed by atoms with van der Waals surface area (Å²) in [4.78, 5) is 16.4. The number of morpholine rings is 1. The first-order valence-electron chi connectivity index (χ1n) is 7.68. The third kappa shape index (κ3) is 3.60. The summed E-state index contributed by atoms with van der Waals surface area (Å²) in [6.07, 6.45) is 0. The number of halogens is 1. The first kappa shape index (κ1) is 16.5. The van der Waals surface area contributed by atoms with Crippen molar-refractivity contribution < 1.29 is 13.9 Å². The van der Waals surface area contributed by atoms with Gasteiger partial charge in [-0.05, 0) is 48.6 Å². The van der Waals surface area contributed by atoms with Crippen LogP contribution < -0.4 is 4.90 Å². The third-order valence-electron chi connectivity index (χ3n) is 3.78. The van der Waals surface area contributed by atoms with Crippen molar-refractivity contribution in [2.24, 2.45) is 0 Å². The Hall–Kier alpha value is -2.31. The number of hydrogen-bond donors (Lipinski definition) is 0. The van der Waals surface area contributed by atoms with E-state index in [0.717, 1.165) is 0 Å². The molecule has 0 spiro atoms. The zero-order chi connectivity index (χ0) is 16.9. The number of ether oxygens (including phenoxy) is 1. The van der Waals surface area contributed by atoms with Crippen molar-refractivity contribution in [3.8, 4) is 0 Å². The first-order valence-corrected chi connectivity index (χ1v) is 8.09. The Kier molecular flexibility index (Phi) is 5.17. The molecule has 2 aromatic carbocycles. The van der Waals surface area contributed by atoms with Gasteiger partial charge in [-0.2, -0.15) is 0 Å². The highest BCUT2D eigenvalue weighted by molar-refractivity contribution is 7.80. The second kappa shape index (κ2) is 7.51. The minimum absolute atomic E-state index is 0.280. The van der Waals surface area contributed by atoms with Gasteiger partial charge in [0.05, 0.1) is 18.9 Å². The van der Waals surface area contributed by atoms with Gasteiger partial charge in [-0.15, -0.1) is 0 Å². The predicted octanol–water partition coefficient (Wildman–Crippen LogP) is 3.09. The molecule has 0 aliphatic carbocycles. The summed E-state index contributed by atoms with van der Waals surface area (Å²) in [5.41, 5.74) is 1.07. The fourth-order valence-corrected chi connectivity index (χ4v) is 2.88. The number of carbonyl (C=O) groups is 1. The molecule has 4 nitrogen and oxygen atoms in total. The Morgan fingerprint density at radius 1 is 1.04 bits per heavy atom. The molecule has 1 heterocycles. The average molecular weight is 344 g/mol. The molecule has 1 fully saturated rings. The molecule has 1 aliphatic heterocycles. The van der Waals surface area contributed by atoms with E-state index in [4.69, 9.17) is 17.0 Å². The zero-order valence-electron chi connectivity index (χ0n) is 13.0. The lowest BCUT2D eigenvalue weighted by molar-refractivity contribution is 0.0678. The molecule has 1 saturated heterocycles. The molecular formula is C18H17FN2O2S. The Morgan fingerprint density at radius 3 is 2.29 bits per heavy atom. The van der Waals surface area contributed by atoms with E-state index in [-0.39, 0.29) is 11.7 Å². The Labute approximate surface area is 145 Å². The van der Waals surface area contributed by atoms with Gasteiger partial charge >= 0.3 is 0 Å². The van der Waals surface area contributed by atoms with Crippen LogP contribution in [0.25, 0.3) is 0 Å². The van der Waals surface area contributed by atoms with Gasteiger partial charge in [-0.25, -0.2) is 4.39 Å². The summed E-state index contributed by atoms with van der Waals surface area (Å²) < 4.78 is 18.5. The van der Waals surface area contributed by atoms with Crippen molar-refractivity contribution >= 4 is 28.9 Å². The first-order chi connectivity index (χ1) is 11.7. The Balaban J connectivity index is 1.94. The van der Waals surface area contributed by atoms with Crippen LogP contribution in [0.3, 0.4) is 0 Å².